The van der Waals surface area contributed by atoms with Gasteiger partial charge in [-0.05, 0) is 74.3 Å². The molecular weight excluding hydrogens is 424 g/mol. The van der Waals surface area contributed by atoms with E-state index in [9.17, 15) is 9.59 Å². The van der Waals surface area contributed by atoms with E-state index in [0.717, 1.165) is 24.2 Å². The fourth-order valence-corrected chi connectivity index (χ4v) is 7.05. The summed E-state index contributed by atoms with van der Waals surface area (Å²) in [6.07, 6.45) is 16.1. The summed E-state index contributed by atoms with van der Waals surface area (Å²) in [6.45, 7) is 5.87. The maximum atomic E-state index is 12.5. The Kier molecular flexibility index (Phi) is 8.71. The van der Waals surface area contributed by atoms with Crippen LogP contribution >= 0.6 is 0 Å². The van der Waals surface area contributed by atoms with Gasteiger partial charge in [0.1, 0.15) is 17.3 Å². The number of benzene rings is 1. The molecule has 1 aromatic rings. The average Bonchev–Trinajstić information content (AvgIpc) is 2.80. The second-order valence-corrected chi connectivity index (χ2v) is 11.1. The van der Waals surface area contributed by atoms with Crippen LogP contribution in [0.25, 0.3) is 0 Å². The van der Waals surface area contributed by atoms with Crippen molar-refractivity contribution in [3.05, 3.63) is 23.3 Å². The van der Waals surface area contributed by atoms with Crippen LogP contribution in [0.15, 0.2) is 12.1 Å². The Labute approximate surface area is 206 Å². The number of rotatable bonds is 10. The largest absolute Gasteiger partial charge is 0.491 e. The van der Waals surface area contributed by atoms with Crippen LogP contribution in [0, 0.1) is 11.8 Å². The van der Waals surface area contributed by atoms with Crippen LogP contribution < -0.4 is 9.47 Å². The normalized spacial score (nSPS) is 26.7. The smallest absolute Gasteiger partial charge is 0.308 e. The molecule has 0 heterocycles. The first-order chi connectivity index (χ1) is 16.5. The molecule has 0 aromatic heterocycles. The highest BCUT2D eigenvalue weighted by atomic mass is 16.5. The lowest BCUT2D eigenvalue weighted by molar-refractivity contribution is -0.132. The van der Waals surface area contributed by atoms with Gasteiger partial charge in [-0.15, -0.1) is 0 Å². The molecule has 0 amide bonds. The maximum absolute atomic E-state index is 12.5. The molecule has 2 saturated carbocycles. The fraction of sp³-hybridized carbons (Fsp3) is 0.733. The number of fused-ring (bicyclic) bond motifs is 6. The number of unbranched alkanes of at least 4 members (excludes halogenated alkanes) is 5. The molecule has 1 aromatic carbocycles. The second-order valence-electron chi connectivity index (χ2n) is 11.1. The topological polar surface area (TPSA) is 52.6 Å². The van der Waals surface area contributed by atoms with Crippen molar-refractivity contribution in [2.45, 2.75) is 129 Å². The van der Waals surface area contributed by atoms with Crippen molar-refractivity contribution in [3.63, 3.8) is 0 Å². The van der Waals surface area contributed by atoms with E-state index < -0.39 is 0 Å². The molecule has 34 heavy (non-hydrogen) atoms. The van der Waals surface area contributed by atoms with E-state index in [4.69, 9.17) is 9.47 Å². The van der Waals surface area contributed by atoms with Crippen LogP contribution in [0.1, 0.15) is 134 Å². The standard InChI is InChI=1S/C30H44O4/c1-4-5-6-7-8-9-12-20(2)33-23-18-28-25-14-11-10-13-24(25)26-16-15-22(32)17-27(26)30(28)29(19-23)34-21(3)31/h18-20,24-27H,4-17H2,1-3H3. The highest BCUT2D eigenvalue weighted by Crippen LogP contribution is 2.59. The summed E-state index contributed by atoms with van der Waals surface area (Å²) in [4.78, 5) is 24.5. The van der Waals surface area contributed by atoms with Crippen molar-refractivity contribution < 1.29 is 19.1 Å². The van der Waals surface area contributed by atoms with Crippen LogP contribution in [-0.4, -0.2) is 17.9 Å². The van der Waals surface area contributed by atoms with Gasteiger partial charge < -0.3 is 9.47 Å². The minimum absolute atomic E-state index is 0.129. The van der Waals surface area contributed by atoms with Gasteiger partial charge in [-0.25, -0.2) is 0 Å². The quantitative estimate of drug-likeness (QED) is 0.199. The number of ether oxygens (including phenoxy) is 2. The molecule has 4 nitrogen and oxygen atoms in total. The van der Waals surface area contributed by atoms with Crippen LogP contribution in [0.2, 0.25) is 0 Å². The molecular formula is C30H44O4. The zero-order valence-electron chi connectivity index (χ0n) is 21.6. The molecule has 4 heteroatoms. The summed E-state index contributed by atoms with van der Waals surface area (Å²) in [6, 6.07) is 4.16. The molecule has 0 N–H and O–H groups in total. The molecule has 3 aliphatic rings. The van der Waals surface area contributed by atoms with E-state index in [-0.39, 0.29) is 18.0 Å². The molecule has 0 spiro atoms. The highest BCUT2D eigenvalue weighted by Gasteiger charge is 2.47. The van der Waals surface area contributed by atoms with Gasteiger partial charge >= 0.3 is 5.97 Å². The summed E-state index contributed by atoms with van der Waals surface area (Å²) in [5, 5.41) is 0. The first kappa shape index (κ1) is 25.3. The van der Waals surface area contributed by atoms with Gasteiger partial charge in [0.25, 0.3) is 0 Å². The Bertz CT molecular complexity index is 860. The van der Waals surface area contributed by atoms with Crippen LogP contribution in [0.5, 0.6) is 11.5 Å². The number of Topliss-reactive ketones (excluding diaryl/α,β-unsaturated/α-hetero) is 1. The number of esters is 1. The summed E-state index contributed by atoms with van der Waals surface area (Å²) in [7, 11) is 0. The molecule has 188 valence electrons. The SMILES string of the molecule is CCCCCCCCC(C)Oc1cc(OC(C)=O)c2c(c1)C1CCCCC1C1CCC(=O)CC21. The van der Waals surface area contributed by atoms with Gasteiger partial charge in [0.2, 0.25) is 0 Å². The number of carbonyl (C=O) groups is 2. The van der Waals surface area contributed by atoms with Gasteiger partial charge in [-0.2, -0.15) is 0 Å². The average molecular weight is 469 g/mol. The third kappa shape index (κ3) is 5.86. The Morgan fingerprint density at radius 2 is 1.74 bits per heavy atom. The Balaban J connectivity index is 1.57. The van der Waals surface area contributed by atoms with E-state index in [1.807, 2.05) is 6.07 Å². The molecule has 2 fully saturated rings. The van der Waals surface area contributed by atoms with Gasteiger partial charge in [0, 0.05) is 31.4 Å². The Morgan fingerprint density at radius 3 is 2.53 bits per heavy atom. The van der Waals surface area contributed by atoms with Crippen molar-refractivity contribution in [1.82, 2.24) is 0 Å². The fourth-order valence-electron chi connectivity index (χ4n) is 7.05. The lowest BCUT2D eigenvalue weighted by Crippen LogP contribution is -2.39. The van der Waals surface area contributed by atoms with Crippen molar-refractivity contribution >= 4 is 11.8 Å². The van der Waals surface area contributed by atoms with Gasteiger partial charge in [0.05, 0.1) is 6.10 Å². The number of ketones is 1. The molecule has 4 rings (SSSR count). The lowest BCUT2D eigenvalue weighted by atomic mass is 9.55. The van der Waals surface area contributed by atoms with E-state index >= 15 is 0 Å². The highest BCUT2D eigenvalue weighted by molar-refractivity contribution is 5.81. The first-order valence-electron chi connectivity index (χ1n) is 14.0. The van der Waals surface area contributed by atoms with Gasteiger partial charge in [-0.1, -0.05) is 51.9 Å². The van der Waals surface area contributed by atoms with Crippen molar-refractivity contribution in [1.29, 1.82) is 0 Å². The van der Waals surface area contributed by atoms with Crippen molar-refractivity contribution in [2.75, 3.05) is 0 Å². The summed E-state index contributed by atoms with van der Waals surface area (Å²) in [5.74, 6) is 3.35. The Morgan fingerprint density at radius 1 is 1.00 bits per heavy atom. The predicted octanol–water partition coefficient (Wildman–Crippen LogP) is 7.87. The second kappa shape index (κ2) is 11.7. The van der Waals surface area contributed by atoms with E-state index in [2.05, 4.69) is 19.9 Å². The molecule has 0 radical (unpaired) electrons. The lowest BCUT2D eigenvalue weighted by Gasteiger charge is -2.49. The molecule has 3 aliphatic carbocycles. The predicted molar refractivity (Wildman–Crippen MR) is 136 cm³/mol. The van der Waals surface area contributed by atoms with E-state index in [0.29, 0.717) is 42.1 Å². The van der Waals surface area contributed by atoms with Crippen molar-refractivity contribution in [2.24, 2.45) is 11.8 Å². The third-order valence-corrected chi connectivity index (χ3v) is 8.56. The zero-order chi connectivity index (χ0) is 24.1. The summed E-state index contributed by atoms with van der Waals surface area (Å²) >= 11 is 0. The molecule has 0 bridgehead atoms. The van der Waals surface area contributed by atoms with Crippen LogP contribution in [0.3, 0.4) is 0 Å². The monoisotopic (exact) mass is 468 g/mol. The minimum Gasteiger partial charge on any atom is -0.491 e. The number of hydrogen-bond acceptors (Lipinski definition) is 4. The number of hydrogen-bond donors (Lipinski definition) is 0. The third-order valence-electron chi connectivity index (χ3n) is 8.56. The number of carbonyl (C=O) groups excluding carboxylic acids is 2. The van der Waals surface area contributed by atoms with Gasteiger partial charge in [-0.3, -0.25) is 9.59 Å². The maximum Gasteiger partial charge on any atom is 0.308 e. The minimum atomic E-state index is -0.302. The van der Waals surface area contributed by atoms with E-state index in [1.165, 1.54) is 76.7 Å². The van der Waals surface area contributed by atoms with E-state index in [1.54, 1.807) is 0 Å². The van der Waals surface area contributed by atoms with Crippen molar-refractivity contribution in [3.8, 4) is 11.5 Å². The summed E-state index contributed by atoms with van der Waals surface area (Å²) in [5.41, 5.74) is 2.42. The molecule has 5 unspecified atom stereocenters. The zero-order valence-corrected chi connectivity index (χ0v) is 21.6. The van der Waals surface area contributed by atoms with Crippen LogP contribution in [-0.2, 0) is 9.59 Å². The van der Waals surface area contributed by atoms with Crippen LogP contribution in [0.4, 0.5) is 0 Å². The first-order valence-corrected chi connectivity index (χ1v) is 14.0. The van der Waals surface area contributed by atoms with Gasteiger partial charge in [0.15, 0.2) is 0 Å². The summed E-state index contributed by atoms with van der Waals surface area (Å²) < 4.78 is 12.2. The molecule has 5 atom stereocenters. The molecule has 0 aliphatic heterocycles. The molecule has 0 saturated heterocycles. The Hall–Kier alpha value is -1.84.